The maximum absolute atomic E-state index is 12.3. The number of aromatic hydroxyl groups is 1. The molecule has 0 unspecified atom stereocenters. The third-order valence-electron chi connectivity index (χ3n) is 1.72. The lowest BCUT2D eigenvalue weighted by atomic mass is 10.2. The summed E-state index contributed by atoms with van der Waals surface area (Å²) < 4.78 is 41.2. The first-order valence-corrected chi connectivity index (χ1v) is 3.64. The number of fused-ring (bicyclic) bond motifs is 1. The number of hydrogen-bond acceptors (Lipinski definition) is 3. The fraction of sp³-hybridized carbons (Fsp3) is 0.125. The molecule has 0 atom stereocenters. The molecule has 0 aliphatic heterocycles. The summed E-state index contributed by atoms with van der Waals surface area (Å²) in [7, 11) is 0. The molecule has 1 aromatic heterocycles. The molecule has 3 nitrogen and oxygen atoms in total. The van der Waals surface area contributed by atoms with Crippen LogP contribution in [0.2, 0.25) is 0 Å². The Balaban J connectivity index is 2.70. The van der Waals surface area contributed by atoms with Crippen LogP contribution in [0.5, 0.6) is 5.75 Å². The smallest absolute Gasteiger partial charge is 0.437 e. The largest absolute Gasteiger partial charge is 0.508 e. The Hall–Kier alpha value is -1.72. The zero-order chi connectivity index (χ0) is 10.3. The highest BCUT2D eigenvalue weighted by Gasteiger charge is 2.36. The SMILES string of the molecule is Oc1ccc2c(C(F)(F)F)noc2c1. The van der Waals surface area contributed by atoms with Crippen LogP contribution in [0.25, 0.3) is 11.0 Å². The van der Waals surface area contributed by atoms with Gasteiger partial charge in [0.15, 0.2) is 11.3 Å². The third kappa shape index (κ3) is 1.28. The molecule has 14 heavy (non-hydrogen) atoms. The molecule has 0 bridgehead atoms. The number of nitrogens with zero attached hydrogens (tertiary/aromatic N) is 1. The quantitative estimate of drug-likeness (QED) is 0.715. The van der Waals surface area contributed by atoms with Crippen molar-refractivity contribution in [1.29, 1.82) is 0 Å². The summed E-state index contributed by atoms with van der Waals surface area (Å²) >= 11 is 0. The number of phenolic OH excluding ortho intramolecular Hbond substituents is 1. The van der Waals surface area contributed by atoms with Gasteiger partial charge < -0.3 is 9.63 Å². The summed E-state index contributed by atoms with van der Waals surface area (Å²) in [5.41, 5.74) is -1.16. The lowest BCUT2D eigenvalue weighted by Crippen LogP contribution is -2.05. The van der Waals surface area contributed by atoms with Gasteiger partial charge in [-0.15, -0.1) is 0 Å². The van der Waals surface area contributed by atoms with Crippen LogP contribution in [0.1, 0.15) is 5.69 Å². The fourth-order valence-corrected chi connectivity index (χ4v) is 1.13. The van der Waals surface area contributed by atoms with Crippen molar-refractivity contribution in [2.75, 3.05) is 0 Å². The second-order valence-electron chi connectivity index (χ2n) is 2.71. The van der Waals surface area contributed by atoms with Gasteiger partial charge >= 0.3 is 6.18 Å². The fourth-order valence-electron chi connectivity index (χ4n) is 1.13. The van der Waals surface area contributed by atoms with Crippen LogP contribution >= 0.6 is 0 Å². The van der Waals surface area contributed by atoms with Crippen LogP contribution in [0.15, 0.2) is 22.7 Å². The van der Waals surface area contributed by atoms with Crippen molar-refractivity contribution < 1.29 is 22.8 Å². The Bertz CT molecular complexity index is 475. The zero-order valence-electron chi connectivity index (χ0n) is 6.67. The molecular formula is C8H4F3NO2. The Labute approximate surface area is 75.7 Å². The minimum atomic E-state index is -4.54. The second-order valence-corrected chi connectivity index (χ2v) is 2.71. The molecule has 0 aliphatic rings. The topological polar surface area (TPSA) is 46.3 Å². The van der Waals surface area contributed by atoms with Crippen molar-refractivity contribution in [2.24, 2.45) is 0 Å². The Morgan fingerprint density at radius 1 is 1.29 bits per heavy atom. The van der Waals surface area contributed by atoms with Crippen LogP contribution < -0.4 is 0 Å². The molecule has 0 amide bonds. The predicted molar refractivity (Wildman–Crippen MR) is 40.7 cm³/mol. The Morgan fingerprint density at radius 2 is 2.00 bits per heavy atom. The molecule has 74 valence electrons. The number of aromatic nitrogens is 1. The van der Waals surface area contributed by atoms with Crippen molar-refractivity contribution in [1.82, 2.24) is 5.16 Å². The molecule has 1 aromatic carbocycles. The molecule has 2 rings (SSSR count). The molecule has 0 saturated heterocycles. The molecule has 1 heterocycles. The maximum atomic E-state index is 12.3. The van der Waals surface area contributed by atoms with Crippen molar-refractivity contribution >= 4 is 11.0 Å². The van der Waals surface area contributed by atoms with Gasteiger partial charge in [0.05, 0.1) is 5.39 Å². The number of benzene rings is 1. The van der Waals surface area contributed by atoms with Crippen LogP contribution in [0.4, 0.5) is 13.2 Å². The highest BCUT2D eigenvalue weighted by molar-refractivity contribution is 5.81. The molecule has 2 aromatic rings. The third-order valence-corrected chi connectivity index (χ3v) is 1.72. The van der Waals surface area contributed by atoms with Crippen LogP contribution in [0.3, 0.4) is 0 Å². The van der Waals surface area contributed by atoms with E-state index in [0.717, 1.165) is 18.2 Å². The predicted octanol–water partition coefficient (Wildman–Crippen LogP) is 2.55. The van der Waals surface area contributed by atoms with Gasteiger partial charge in [-0.3, -0.25) is 0 Å². The van der Waals surface area contributed by atoms with E-state index in [0.29, 0.717) is 0 Å². The summed E-state index contributed by atoms with van der Waals surface area (Å²) in [6, 6.07) is 3.34. The average Bonchev–Trinajstić information content (AvgIpc) is 2.45. The highest BCUT2D eigenvalue weighted by Crippen LogP contribution is 2.34. The van der Waals surface area contributed by atoms with Gasteiger partial charge in [0.25, 0.3) is 0 Å². The van der Waals surface area contributed by atoms with Gasteiger partial charge in [-0.25, -0.2) is 0 Å². The van der Waals surface area contributed by atoms with E-state index in [1.807, 2.05) is 0 Å². The summed E-state index contributed by atoms with van der Waals surface area (Å²) in [4.78, 5) is 0. The zero-order valence-corrected chi connectivity index (χ0v) is 6.67. The van der Waals surface area contributed by atoms with E-state index in [9.17, 15) is 13.2 Å². The first kappa shape index (κ1) is 8.86. The molecular weight excluding hydrogens is 199 g/mol. The van der Waals surface area contributed by atoms with E-state index in [-0.39, 0.29) is 16.7 Å². The molecule has 0 saturated carbocycles. The number of alkyl halides is 3. The van der Waals surface area contributed by atoms with Crippen molar-refractivity contribution in [3.05, 3.63) is 23.9 Å². The molecule has 0 spiro atoms. The first-order valence-electron chi connectivity index (χ1n) is 3.64. The van der Waals surface area contributed by atoms with Gasteiger partial charge in [0.1, 0.15) is 5.75 Å². The van der Waals surface area contributed by atoms with Crippen molar-refractivity contribution in [2.45, 2.75) is 6.18 Å². The first-order chi connectivity index (χ1) is 6.48. The normalized spacial score (nSPS) is 12.2. The van der Waals surface area contributed by atoms with E-state index in [2.05, 4.69) is 9.68 Å². The van der Waals surface area contributed by atoms with E-state index in [1.54, 1.807) is 0 Å². The van der Waals surface area contributed by atoms with E-state index < -0.39 is 11.9 Å². The summed E-state index contributed by atoms with van der Waals surface area (Å²) in [6.07, 6.45) is -4.54. The van der Waals surface area contributed by atoms with Crippen molar-refractivity contribution in [3.8, 4) is 5.75 Å². The lowest BCUT2D eigenvalue weighted by Gasteiger charge is -2.00. The van der Waals surface area contributed by atoms with Gasteiger partial charge in [0.2, 0.25) is 0 Å². The molecule has 0 radical (unpaired) electrons. The standard InChI is InChI=1S/C8H4F3NO2/c9-8(10,11)7-5-2-1-4(13)3-6(5)14-12-7/h1-3,13H. The van der Waals surface area contributed by atoms with Gasteiger partial charge in [0, 0.05) is 6.07 Å². The van der Waals surface area contributed by atoms with Crippen LogP contribution in [-0.2, 0) is 6.18 Å². The van der Waals surface area contributed by atoms with Crippen molar-refractivity contribution in [3.63, 3.8) is 0 Å². The average molecular weight is 203 g/mol. The monoisotopic (exact) mass is 203 g/mol. The minimum Gasteiger partial charge on any atom is -0.508 e. The summed E-state index contributed by atoms with van der Waals surface area (Å²) in [5.74, 6) is -0.164. The Morgan fingerprint density at radius 3 is 2.64 bits per heavy atom. The van der Waals surface area contributed by atoms with Crippen LogP contribution in [0, 0.1) is 0 Å². The molecule has 0 fully saturated rings. The number of rotatable bonds is 0. The number of hydrogen-bond donors (Lipinski definition) is 1. The van der Waals surface area contributed by atoms with Crippen LogP contribution in [-0.4, -0.2) is 10.3 Å². The van der Waals surface area contributed by atoms with E-state index in [1.165, 1.54) is 0 Å². The maximum Gasteiger partial charge on any atom is 0.437 e. The Kier molecular flexibility index (Phi) is 1.67. The van der Waals surface area contributed by atoms with E-state index in [4.69, 9.17) is 5.11 Å². The minimum absolute atomic E-state index is 0.0858. The summed E-state index contributed by atoms with van der Waals surface area (Å²) in [6.45, 7) is 0. The second kappa shape index (κ2) is 2.63. The van der Waals surface area contributed by atoms with E-state index >= 15 is 0 Å². The molecule has 6 heteroatoms. The van der Waals surface area contributed by atoms with Gasteiger partial charge in [-0.1, -0.05) is 5.16 Å². The molecule has 0 aliphatic carbocycles. The number of phenols is 1. The highest BCUT2D eigenvalue weighted by atomic mass is 19.4. The summed E-state index contributed by atoms with van der Waals surface area (Å²) in [5, 5.41) is 11.7. The lowest BCUT2D eigenvalue weighted by molar-refractivity contribution is -0.141. The van der Waals surface area contributed by atoms with Gasteiger partial charge in [-0.2, -0.15) is 13.2 Å². The molecule has 1 N–H and O–H groups in total. The number of halogens is 3. The van der Waals surface area contributed by atoms with Gasteiger partial charge in [-0.05, 0) is 12.1 Å².